The fraction of sp³-hybridized carbons (Fsp3) is 0.308. The first-order valence-electron chi connectivity index (χ1n) is 5.76. The van der Waals surface area contributed by atoms with Crippen LogP contribution in [0.5, 0.6) is 0 Å². The molecule has 17 heavy (non-hydrogen) atoms. The van der Waals surface area contributed by atoms with Crippen LogP contribution in [0.25, 0.3) is 0 Å². The Morgan fingerprint density at radius 2 is 2.06 bits per heavy atom. The maximum Gasteiger partial charge on any atom is 0.187 e. The number of rotatable bonds is 1. The number of aryl methyl sites for hydroxylation is 1. The molecule has 0 radical (unpaired) electrons. The molecule has 4 heteroatoms. The van der Waals surface area contributed by atoms with E-state index >= 15 is 0 Å². The Morgan fingerprint density at radius 1 is 1.24 bits per heavy atom. The predicted molar refractivity (Wildman–Crippen MR) is 72.9 cm³/mol. The maximum atomic E-state index is 5.89. The molecule has 2 aromatic rings. The van der Waals surface area contributed by atoms with Gasteiger partial charge >= 0.3 is 0 Å². The number of anilines is 1. The van der Waals surface area contributed by atoms with Crippen molar-refractivity contribution in [2.24, 2.45) is 0 Å². The first kappa shape index (κ1) is 11.1. The molecule has 0 atom stereocenters. The van der Waals surface area contributed by atoms with Gasteiger partial charge in [0.25, 0.3) is 0 Å². The molecule has 3 rings (SSSR count). The Bertz CT molecular complexity index is 524. The lowest BCUT2D eigenvalue weighted by Gasteiger charge is -2.19. The molecule has 0 saturated heterocycles. The van der Waals surface area contributed by atoms with Gasteiger partial charge in [-0.2, -0.15) is 0 Å². The summed E-state index contributed by atoms with van der Waals surface area (Å²) in [7, 11) is 0. The number of hydrogen-bond acceptors (Lipinski definition) is 3. The highest BCUT2D eigenvalue weighted by Crippen LogP contribution is 2.27. The van der Waals surface area contributed by atoms with Crippen LogP contribution < -0.4 is 4.90 Å². The molecule has 0 saturated carbocycles. The third-order valence-corrected chi connectivity index (χ3v) is 4.31. The Labute approximate surface area is 110 Å². The van der Waals surface area contributed by atoms with E-state index in [2.05, 4.69) is 34.1 Å². The molecule has 0 amide bonds. The van der Waals surface area contributed by atoms with Crippen molar-refractivity contribution in [2.45, 2.75) is 19.4 Å². The highest BCUT2D eigenvalue weighted by molar-refractivity contribution is 7.14. The summed E-state index contributed by atoms with van der Waals surface area (Å²) in [6, 6.07) is 8.67. The zero-order valence-corrected chi connectivity index (χ0v) is 11.0. The molecule has 88 valence electrons. The van der Waals surface area contributed by atoms with E-state index in [0.717, 1.165) is 24.6 Å². The van der Waals surface area contributed by atoms with Gasteiger partial charge in [-0.3, -0.25) is 0 Å². The Kier molecular flexibility index (Phi) is 3.04. The van der Waals surface area contributed by atoms with E-state index < -0.39 is 0 Å². The van der Waals surface area contributed by atoms with Gasteiger partial charge in [0.05, 0.1) is 0 Å². The van der Waals surface area contributed by atoms with Gasteiger partial charge in [0, 0.05) is 18.5 Å². The summed E-state index contributed by atoms with van der Waals surface area (Å²) in [6.07, 6.45) is 2.33. The maximum absolute atomic E-state index is 5.89. The van der Waals surface area contributed by atoms with E-state index in [1.807, 2.05) is 5.38 Å². The molecule has 1 aromatic carbocycles. The van der Waals surface area contributed by atoms with E-state index in [-0.39, 0.29) is 0 Å². The average Bonchev–Trinajstić information content (AvgIpc) is 2.65. The van der Waals surface area contributed by atoms with Crippen molar-refractivity contribution in [3.05, 3.63) is 45.9 Å². The second kappa shape index (κ2) is 4.67. The zero-order valence-electron chi connectivity index (χ0n) is 9.40. The minimum absolute atomic E-state index is 0.600. The molecule has 0 fully saturated rings. The molecule has 0 bridgehead atoms. The van der Waals surface area contributed by atoms with Crippen molar-refractivity contribution in [2.75, 3.05) is 11.4 Å². The number of nitrogens with zero attached hydrogens (tertiary/aromatic N) is 2. The molecule has 1 aromatic heterocycles. The van der Waals surface area contributed by atoms with Crippen molar-refractivity contribution >= 4 is 28.1 Å². The van der Waals surface area contributed by atoms with E-state index in [9.17, 15) is 0 Å². The van der Waals surface area contributed by atoms with Gasteiger partial charge in [-0.1, -0.05) is 35.9 Å². The molecular weight excluding hydrogens is 252 g/mol. The predicted octanol–water partition coefficient (Wildman–Crippen LogP) is 3.75. The average molecular weight is 265 g/mol. The summed E-state index contributed by atoms with van der Waals surface area (Å²) in [4.78, 5) is 6.68. The van der Waals surface area contributed by atoms with E-state index in [1.54, 1.807) is 11.3 Å². The van der Waals surface area contributed by atoms with Crippen molar-refractivity contribution in [1.29, 1.82) is 0 Å². The van der Waals surface area contributed by atoms with Gasteiger partial charge in [0.1, 0.15) is 5.15 Å². The normalized spacial score (nSPS) is 15.5. The lowest BCUT2D eigenvalue weighted by Crippen LogP contribution is -2.22. The monoisotopic (exact) mass is 264 g/mol. The lowest BCUT2D eigenvalue weighted by atomic mass is 10.0. The fourth-order valence-electron chi connectivity index (χ4n) is 2.25. The number of hydrogen-bond donors (Lipinski definition) is 0. The smallest absolute Gasteiger partial charge is 0.187 e. The highest BCUT2D eigenvalue weighted by atomic mass is 35.5. The van der Waals surface area contributed by atoms with Crippen LogP contribution in [0.4, 0.5) is 5.13 Å². The quantitative estimate of drug-likeness (QED) is 0.780. The molecule has 1 aliphatic heterocycles. The molecule has 0 spiro atoms. The Hall–Kier alpha value is -1.06. The minimum atomic E-state index is 0.600. The lowest BCUT2D eigenvalue weighted by molar-refractivity contribution is 0.763. The van der Waals surface area contributed by atoms with Gasteiger partial charge in [-0.25, -0.2) is 4.98 Å². The third-order valence-electron chi connectivity index (χ3n) is 3.09. The summed E-state index contributed by atoms with van der Waals surface area (Å²) in [6.45, 7) is 2.00. The van der Waals surface area contributed by atoms with Gasteiger partial charge in [0.15, 0.2) is 5.13 Å². The number of benzene rings is 1. The number of thiazole rings is 1. The van der Waals surface area contributed by atoms with Gasteiger partial charge in [-0.15, -0.1) is 11.3 Å². The van der Waals surface area contributed by atoms with E-state index in [0.29, 0.717) is 5.15 Å². The minimum Gasteiger partial charge on any atom is -0.344 e. The number of fused-ring (bicyclic) bond motifs is 1. The number of halogens is 1. The molecular formula is C13H13ClN2S. The summed E-state index contributed by atoms with van der Waals surface area (Å²) in [5.74, 6) is 0. The number of aromatic nitrogens is 1. The zero-order chi connectivity index (χ0) is 11.7. The molecule has 2 nitrogen and oxygen atoms in total. The van der Waals surface area contributed by atoms with Crippen LogP contribution in [-0.2, 0) is 13.0 Å². The third kappa shape index (κ3) is 2.31. The summed E-state index contributed by atoms with van der Waals surface area (Å²) < 4.78 is 0. The largest absolute Gasteiger partial charge is 0.344 e. The van der Waals surface area contributed by atoms with E-state index in [1.165, 1.54) is 17.5 Å². The Balaban J connectivity index is 1.90. The van der Waals surface area contributed by atoms with Crippen LogP contribution in [0.3, 0.4) is 0 Å². The van der Waals surface area contributed by atoms with Crippen LogP contribution >= 0.6 is 22.9 Å². The standard InChI is InChI=1S/C13H13ClN2S/c14-12-9-17-13(15-12)16-7-3-6-10-4-1-2-5-11(10)8-16/h1-2,4-5,9H,3,6-8H2. The first-order chi connectivity index (χ1) is 8.33. The Morgan fingerprint density at radius 3 is 2.82 bits per heavy atom. The summed E-state index contributed by atoms with van der Waals surface area (Å²) >= 11 is 7.52. The first-order valence-corrected chi connectivity index (χ1v) is 7.01. The second-order valence-electron chi connectivity index (χ2n) is 4.25. The van der Waals surface area contributed by atoms with Crippen LogP contribution in [0, 0.1) is 0 Å². The van der Waals surface area contributed by atoms with Crippen LogP contribution in [0.2, 0.25) is 5.15 Å². The van der Waals surface area contributed by atoms with Crippen LogP contribution in [0.1, 0.15) is 17.5 Å². The van der Waals surface area contributed by atoms with Crippen LogP contribution in [-0.4, -0.2) is 11.5 Å². The van der Waals surface area contributed by atoms with Crippen molar-refractivity contribution in [1.82, 2.24) is 4.98 Å². The van der Waals surface area contributed by atoms with Gasteiger partial charge < -0.3 is 4.90 Å². The molecule has 2 heterocycles. The molecule has 0 N–H and O–H groups in total. The fourth-order valence-corrected chi connectivity index (χ4v) is 3.23. The van der Waals surface area contributed by atoms with Crippen molar-refractivity contribution in [3.8, 4) is 0 Å². The SMILES string of the molecule is Clc1csc(N2CCCc3ccccc3C2)n1. The van der Waals surface area contributed by atoms with Crippen LogP contribution in [0.15, 0.2) is 29.6 Å². The second-order valence-corrected chi connectivity index (χ2v) is 5.47. The summed E-state index contributed by atoms with van der Waals surface area (Å²) in [5.41, 5.74) is 2.88. The van der Waals surface area contributed by atoms with Gasteiger partial charge in [-0.05, 0) is 24.0 Å². The van der Waals surface area contributed by atoms with Crippen molar-refractivity contribution < 1.29 is 0 Å². The van der Waals surface area contributed by atoms with Crippen molar-refractivity contribution in [3.63, 3.8) is 0 Å². The molecule has 0 aliphatic carbocycles. The molecule has 0 unspecified atom stereocenters. The topological polar surface area (TPSA) is 16.1 Å². The highest BCUT2D eigenvalue weighted by Gasteiger charge is 2.16. The van der Waals surface area contributed by atoms with E-state index in [4.69, 9.17) is 11.6 Å². The van der Waals surface area contributed by atoms with Gasteiger partial charge in [0.2, 0.25) is 0 Å². The molecule has 1 aliphatic rings. The summed E-state index contributed by atoms with van der Waals surface area (Å²) in [5, 5.41) is 3.53.